The molecule has 0 saturated carbocycles. The van der Waals surface area contributed by atoms with E-state index in [2.05, 4.69) is 10.3 Å². The number of aromatic amines is 1. The number of benzene rings is 3. The summed E-state index contributed by atoms with van der Waals surface area (Å²) in [6.07, 6.45) is 0.191. The quantitative estimate of drug-likeness (QED) is 0.126. The number of H-pyrrole nitrogens is 1. The number of carbonyl (C=O) groups excluding carboxylic acids is 2. The van der Waals surface area contributed by atoms with Crippen molar-refractivity contribution in [1.29, 1.82) is 0 Å². The summed E-state index contributed by atoms with van der Waals surface area (Å²) in [5.74, 6) is -3.36. The third-order valence-corrected chi connectivity index (χ3v) is 8.54. The molecule has 1 amide bonds. The van der Waals surface area contributed by atoms with Crippen LogP contribution in [0.3, 0.4) is 0 Å². The van der Waals surface area contributed by atoms with Crippen molar-refractivity contribution in [2.24, 2.45) is 7.05 Å². The molecule has 0 aliphatic carbocycles. The molecule has 2 aromatic heterocycles. The second kappa shape index (κ2) is 12.8. The van der Waals surface area contributed by atoms with Crippen LogP contribution in [0, 0.1) is 18.6 Å². The van der Waals surface area contributed by atoms with Gasteiger partial charge >= 0.3 is 6.18 Å². The molecule has 3 aromatic carbocycles. The summed E-state index contributed by atoms with van der Waals surface area (Å²) in [6, 6.07) is 8.86. The minimum atomic E-state index is -4.76. The molecule has 4 N–H and O–H groups in total. The zero-order valence-corrected chi connectivity index (χ0v) is 26.2. The van der Waals surface area contributed by atoms with Gasteiger partial charge in [-0.05, 0) is 35.9 Å². The molecule has 5 aromatic rings. The maximum absolute atomic E-state index is 15.1. The van der Waals surface area contributed by atoms with Gasteiger partial charge in [0.25, 0.3) is 11.7 Å². The van der Waals surface area contributed by atoms with Crippen molar-refractivity contribution in [2.75, 3.05) is 32.2 Å². The molecule has 0 unspecified atom stereocenters. The van der Waals surface area contributed by atoms with E-state index in [4.69, 9.17) is 9.47 Å². The summed E-state index contributed by atoms with van der Waals surface area (Å²) in [6.45, 7) is 3.51. The summed E-state index contributed by atoms with van der Waals surface area (Å²) in [5, 5.41) is 4.44. The molecule has 1 atom stereocenters. The molecule has 1 aliphatic heterocycles. The lowest BCUT2D eigenvalue weighted by molar-refractivity contribution is -0.678. The Kier molecular flexibility index (Phi) is 8.79. The smallest absolute Gasteiger partial charge is 0.417 e. The normalized spacial score (nSPS) is 15.2. The minimum absolute atomic E-state index is 0.0340. The number of halogens is 5. The van der Waals surface area contributed by atoms with E-state index in [1.54, 1.807) is 24.6 Å². The van der Waals surface area contributed by atoms with Gasteiger partial charge in [-0.1, -0.05) is 12.1 Å². The first-order valence-corrected chi connectivity index (χ1v) is 15.1. The number of alkyl halides is 3. The Labute approximate surface area is 270 Å². The molecule has 0 spiro atoms. The van der Waals surface area contributed by atoms with Crippen molar-refractivity contribution < 1.29 is 50.9 Å². The number of carbonyl (C=O) groups is 2. The number of rotatable bonds is 8. The van der Waals surface area contributed by atoms with Crippen LogP contribution >= 0.6 is 0 Å². The van der Waals surface area contributed by atoms with Crippen LogP contribution in [0.15, 0.2) is 60.8 Å². The van der Waals surface area contributed by atoms with E-state index >= 15 is 8.78 Å². The van der Waals surface area contributed by atoms with Gasteiger partial charge in [-0.15, -0.1) is 0 Å². The molecule has 1 saturated heterocycles. The molecule has 6 rings (SSSR count). The molecular weight excluding hydrogens is 637 g/mol. The number of fused-ring (bicyclic) bond motifs is 2. The molecule has 14 heteroatoms. The number of aromatic nitrogens is 3. The number of aryl methyl sites for hydroxylation is 2. The number of imidazole rings is 1. The number of anilines is 1. The molecule has 1 fully saturated rings. The van der Waals surface area contributed by atoms with Crippen molar-refractivity contribution >= 4 is 39.4 Å². The third kappa shape index (κ3) is 6.04. The Bertz CT molecular complexity index is 2070. The number of quaternary nitrogens is 1. The summed E-state index contributed by atoms with van der Waals surface area (Å²) in [4.78, 5) is 29.0. The third-order valence-electron chi connectivity index (χ3n) is 8.54. The zero-order chi connectivity index (χ0) is 34.3. The highest BCUT2D eigenvalue weighted by atomic mass is 19.4. The fraction of sp³-hybridized carbons (Fsp3) is 0.265. The standard InChI is InChI=1S/C34H30F5N5O4/c1-18-41-31-27(43(18)2)16-23(34(37,38)39)29(32(31)47-3)22-6-4-7-26-21(22)9-12-44(26)33(46)19-14-24(35)30(25(36)15-19)42-28(45)8-5-11-40-20-10-13-48-17-20/h4-9,12,14-16,20,40H,10-11,13,17H2,1-3H3,(H,42,45,46)/p+2/b8-5+/t20-/m0/s1. The highest BCUT2D eigenvalue weighted by Gasteiger charge is 2.39. The maximum atomic E-state index is 15.1. The first-order valence-electron chi connectivity index (χ1n) is 15.1. The summed E-state index contributed by atoms with van der Waals surface area (Å²) >= 11 is 0. The summed E-state index contributed by atoms with van der Waals surface area (Å²) < 4.78 is 87.3. The van der Waals surface area contributed by atoms with Crippen LogP contribution in [0.2, 0.25) is 0 Å². The number of hydrogen-bond acceptors (Lipinski definition) is 4. The zero-order valence-electron chi connectivity index (χ0n) is 26.2. The first-order chi connectivity index (χ1) is 22.9. The largest absolute Gasteiger partial charge is 0.492 e. The van der Waals surface area contributed by atoms with Crippen LogP contribution in [0.1, 0.15) is 28.2 Å². The number of methoxy groups -OCH3 is 1. The van der Waals surface area contributed by atoms with Gasteiger partial charge < -0.3 is 20.1 Å². The molecular formula is C34H32F5N5O4+2. The lowest BCUT2D eigenvalue weighted by Gasteiger charge is -2.17. The Balaban J connectivity index is 1.32. The number of nitrogens with two attached hydrogens (primary N) is 1. The summed E-state index contributed by atoms with van der Waals surface area (Å²) in [5.41, 5.74) is -1.28. The first kappa shape index (κ1) is 32.8. The van der Waals surface area contributed by atoms with Crippen molar-refractivity contribution in [3.63, 3.8) is 0 Å². The van der Waals surface area contributed by atoms with Crippen LogP contribution in [0.5, 0.6) is 5.75 Å². The van der Waals surface area contributed by atoms with Gasteiger partial charge in [-0.3, -0.25) is 14.2 Å². The molecule has 3 heterocycles. The molecule has 1 aliphatic rings. The van der Waals surface area contributed by atoms with Gasteiger partial charge in [-0.2, -0.15) is 13.2 Å². The van der Waals surface area contributed by atoms with Crippen molar-refractivity contribution in [3.8, 4) is 16.9 Å². The van der Waals surface area contributed by atoms with Crippen LogP contribution in [-0.2, 0) is 22.8 Å². The highest BCUT2D eigenvalue weighted by Crippen LogP contribution is 2.47. The molecule has 48 heavy (non-hydrogen) atoms. The Morgan fingerprint density at radius 3 is 2.60 bits per heavy atom. The Morgan fingerprint density at radius 2 is 1.94 bits per heavy atom. The predicted molar refractivity (Wildman–Crippen MR) is 167 cm³/mol. The predicted octanol–water partition coefficient (Wildman–Crippen LogP) is 4.76. The van der Waals surface area contributed by atoms with Gasteiger partial charge in [0.2, 0.25) is 11.4 Å². The van der Waals surface area contributed by atoms with Crippen LogP contribution in [-0.4, -0.2) is 54.3 Å². The van der Waals surface area contributed by atoms with E-state index < -0.39 is 40.9 Å². The van der Waals surface area contributed by atoms with E-state index in [0.717, 1.165) is 29.2 Å². The van der Waals surface area contributed by atoms with Gasteiger partial charge in [0.15, 0.2) is 22.9 Å². The second-order valence-corrected chi connectivity index (χ2v) is 11.5. The minimum Gasteiger partial charge on any atom is -0.492 e. The fourth-order valence-corrected chi connectivity index (χ4v) is 6.04. The van der Waals surface area contributed by atoms with Crippen LogP contribution in [0.4, 0.5) is 27.6 Å². The van der Waals surface area contributed by atoms with E-state index in [1.807, 2.05) is 5.32 Å². The highest BCUT2D eigenvalue weighted by molar-refractivity contribution is 6.08. The average molecular weight is 670 g/mol. The van der Waals surface area contributed by atoms with E-state index in [9.17, 15) is 22.8 Å². The van der Waals surface area contributed by atoms with Crippen molar-refractivity contribution in [1.82, 2.24) is 9.55 Å². The maximum Gasteiger partial charge on any atom is 0.417 e. The Hall–Kier alpha value is -5.08. The van der Waals surface area contributed by atoms with Gasteiger partial charge in [0, 0.05) is 48.2 Å². The fourth-order valence-electron chi connectivity index (χ4n) is 6.04. The van der Waals surface area contributed by atoms with Gasteiger partial charge in [0.1, 0.15) is 11.7 Å². The Morgan fingerprint density at radius 1 is 1.19 bits per heavy atom. The number of hydrogen-bond donors (Lipinski definition) is 3. The lowest BCUT2D eigenvalue weighted by atomic mass is 9.94. The van der Waals surface area contributed by atoms with Crippen molar-refractivity contribution in [3.05, 3.63) is 89.4 Å². The van der Waals surface area contributed by atoms with E-state index in [-0.39, 0.29) is 38.9 Å². The van der Waals surface area contributed by atoms with Crippen molar-refractivity contribution in [2.45, 2.75) is 25.6 Å². The van der Waals surface area contributed by atoms with Gasteiger partial charge in [0.05, 0.1) is 45.0 Å². The van der Waals surface area contributed by atoms with Gasteiger partial charge in [-0.25, -0.2) is 18.3 Å². The number of ether oxygens (including phenoxy) is 2. The number of nitrogens with zero attached hydrogens (tertiary/aromatic N) is 2. The molecule has 250 valence electrons. The lowest BCUT2D eigenvalue weighted by Crippen LogP contribution is -2.90. The second-order valence-electron chi connectivity index (χ2n) is 11.5. The monoisotopic (exact) mass is 669 g/mol. The molecule has 9 nitrogen and oxygen atoms in total. The average Bonchev–Trinajstić information content (AvgIpc) is 3.79. The van der Waals surface area contributed by atoms with E-state index in [1.165, 1.54) is 43.6 Å². The summed E-state index contributed by atoms with van der Waals surface area (Å²) in [7, 11) is 2.91. The molecule has 0 bridgehead atoms. The van der Waals surface area contributed by atoms with Crippen LogP contribution in [0.25, 0.3) is 33.1 Å². The van der Waals surface area contributed by atoms with E-state index in [0.29, 0.717) is 37.1 Å². The number of amides is 1. The number of nitrogens with one attached hydrogen (secondary N) is 2. The van der Waals surface area contributed by atoms with Crippen LogP contribution < -0.4 is 19.9 Å². The SMILES string of the molecule is COc1c(-c2cccc3c2ccn3C(=O)c2cc(F)c(NC(=O)/C=C/C[NH2+][C@H]3CCOC3)c(F)c2)c(C(F)(F)F)cc2c1[nH]c(C)[n+]2C. The topological polar surface area (TPSA) is 106 Å². The molecule has 0 radical (unpaired) electrons.